The standard InChI is InChI=1S/C29H27N5OS/c1-29(2)17-22-24(23(35)18-29)25(19-13-15-30-16-14-19)34-27(31-22)32-28(33-34)36-26(20-9-5-3-6-10-20)21-11-7-4-8-12-21/h3-16,25-26H,17-18H2,1-2H3,(H,31,32,33). The molecular weight excluding hydrogens is 466 g/mol. The number of hydrogen-bond acceptors (Lipinski definition) is 6. The number of aromatic nitrogens is 4. The first-order valence-corrected chi connectivity index (χ1v) is 13.0. The van der Waals surface area contributed by atoms with Crippen molar-refractivity contribution in [2.24, 2.45) is 5.41 Å². The molecule has 0 spiro atoms. The van der Waals surface area contributed by atoms with E-state index in [0.717, 1.165) is 23.3 Å². The van der Waals surface area contributed by atoms with Crippen LogP contribution in [0.3, 0.4) is 0 Å². The molecule has 7 heteroatoms. The van der Waals surface area contributed by atoms with Gasteiger partial charge in [0.2, 0.25) is 11.1 Å². The molecule has 4 aromatic rings. The van der Waals surface area contributed by atoms with Crippen LogP contribution in [0.15, 0.2) is 102 Å². The van der Waals surface area contributed by atoms with Crippen LogP contribution in [-0.4, -0.2) is 25.5 Å². The highest BCUT2D eigenvalue weighted by Gasteiger charge is 2.42. The fraction of sp³-hybridized carbons (Fsp3) is 0.241. The van der Waals surface area contributed by atoms with E-state index in [9.17, 15) is 4.79 Å². The van der Waals surface area contributed by atoms with Crippen molar-refractivity contribution in [1.82, 2.24) is 19.7 Å². The Hall–Kier alpha value is -3.71. The third kappa shape index (κ3) is 4.24. The van der Waals surface area contributed by atoms with Gasteiger partial charge in [0.05, 0.1) is 5.25 Å². The lowest BCUT2D eigenvalue weighted by atomic mass is 9.73. The highest BCUT2D eigenvalue weighted by molar-refractivity contribution is 7.99. The van der Waals surface area contributed by atoms with E-state index >= 15 is 0 Å². The fourth-order valence-corrected chi connectivity index (χ4v) is 6.25. The van der Waals surface area contributed by atoms with Crippen LogP contribution in [0.4, 0.5) is 5.95 Å². The van der Waals surface area contributed by atoms with E-state index in [-0.39, 0.29) is 22.5 Å². The Kier molecular flexibility index (Phi) is 5.72. The average molecular weight is 494 g/mol. The molecule has 1 aliphatic carbocycles. The summed E-state index contributed by atoms with van der Waals surface area (Å²) in [5.41, 5.74) is 5.01. The van der Waals surface area contributed by atoms with Gasteiger partial charge in [0, 0.05) is 30.1 Å². The molecule has 0 amide bonds. The Morgan fingerprint density at radius 1 is 0.944 bits per heavy atom. The number of pyridine rings is 1. The smallest absolute Gasteiger partial charge is 0.227 e. The second kappa shape index (κ2) is 9.06. The Bertz CT molecular complexity index is 1390. The molecule has 2 aliphatic rings. The zero-order valence-corrected chi connectivity index (χ0v) is 21.1. The van der Waals surface area contributed by atoms with Gasteiger partial charge >= 0.3 is 0 Å². The van der Waals surface area contributed by atoms with Crippen LogP contribution in [0, 0.1) is 5.41 Å². The summed E-state index contributed by atoms with van der Waals surface area (Å²) < 4.78 is 1.87. The molecule has 0 saturated heterocycles. The van der Waals surface area contributed by atoms with Gasteiger partial charge in [0.25, 0.3) is 0 Å². The molecule has 6 rings (SSSR count). The van der Waals surface area contributed by atoms with Crippen LogP contribution in [0.1, 0.15) is 54.7 Å². The summed E-state index contributed by atoms with van der Waals surface area (Å²) >= 11 is 1.62. The van der Waals surface area contributed by atoms with Crippen LogP contribution in [0.25, 0.3) is 0 Å². The highest BCUT2D eigenvalue weighted by atomic mass is 32.2. The minimum absolute atomic E-state index is 0.0411. The molecule has 1 N–H and O–H groups in total. The molecule has 2 aromatic heterocycles. The number of carbonyl (C=O) groups is 1. The maximum Gasteiger partial charge on any atom is 0.227 e. The van der Waals surface area contributed by atoms with Crippen molar-refractivity contribution in [3.63, 3.8) is 0 Å². The van der Waals surface area contributed by atoms with Gasteiger partial charge in [-0.3, -0.25) is 9.78 Å². The van der Waals surface area contributed by atoms with Gasteiger partial charge in [-0.05, 0) is 40.7 Å². The van der Waals surface area contributed by atoms with Crippen LogP contribution in [-0.2, 0) is 4.79 Å². The van der Waals surface area contributed by atoms with Gasteiger partial charge in [-0.1, -0.05) is 86.3 Å². The number of nitrogens with one attached hydrogen (secondary N) is 1. The third-order valence-corrected chi connectivity index (χ3v) is 7.93. The Balaban J connectivity index is 1.42. The molecule has 1 unspecified atom stereocenters. The number of carbonyl (C=O) groups excluding carboxylic acids is 1. The van der Waals surface area contributed by atoms with Crippen molar-refractivity contribution >= 4 is 23.5 Å². The van der Waals surface area contributed by atoms with Crippen LogP contribution in [0.2, 0.25) is 0 Å². The molecule has 1 aliphatic heterocycles. The minimum atomic E-state index is -0.323. The summed E-state index contributed by atoms with van der Waals surface area (Å²) in [7, 11) is 0. The number of rotatable bonds is 5. The van der Waals surface area contributed by atoms with Crippen molar-refractivity contribution in [3.05, 3.63) is 113 Å². The fourth-order valence-electron chi connectivity index (χ4n) is 5.18. The van der Waals surface area contributed by atoms with E-state index in [0.29, 0.717) is 17.5 Å². The first-order valence-electron chi connectivity index (χ1n) is 12.1. The normalized spacial score (nSPS) is 18.5. The van der Waals surface area contributed by atoms with Crippen LogP contribution < -0.4 is 5.32 Å². The summed E-state index contributed by atoms with van der Waals surface area (Å²) in [6.45, 7) is 4.28. The summed E-state index contributed by atoms with van der Waals surface area (Å²) in [4.78, 5) is 22.5. The second-order valence-electron chi connectivity index (χ2n) is 10.1. The Morgan fingerprint density at radius 3 is 2.22 bits per heavy atom. The van der Waals surface area contributed by atoms with E-state index in [1.54, 1.807) is 24.2 Å². The maximum absolute atomic E-state index is 13.4. The number of thioether (sulfide) groups is 1. The number of benzene rings is 2. The third-order valence-electron chi connectivity index (χ3n) is 6.76. The predicted molar refractivity (Wildman–Crippen MR) is 142 cm³/mol. The molecule has 0 saturated carbocycles. The lowest BCUT2D eigenvalue weighted by Crippen LogP contribution is -2.36. The van der Waals surface area contributed by atoms with E-state index in [1.165, 1.54) is 11.1 Å². The molecule has 0 bridgehead atoms. The lowest BCUT2D eigenvalue weighted by Gasteiger charge is -2.38. The number of allylic oxidation sites excluding steroid dienone is 2. The molecule has 3 heterocycles. The first kappa shape index (κ1) is 22.7. The number of Topliss-reactive ketones (excluding diaryl/α,β-unsaturated/α-hetero) is 1. The molecular formula is C29H27N5OS. The van der Waals surface area contributed by atoms with Gasteiger partial charge in [0.15, 0.2) is 5.78 Å². The lowest BCUT2D eigenvalue weighted by molar-refractivity contribution is -0.118. The average Bonchev–Trinajstić information content (AvgIpc) is 3.29. The van der Waals surface area contributed by atoms with Gasteiger partial charge < -0.3 is 5.32 Å². The first-order chi connectivity index (χ1) is 17.5. The van der Waals surface area contributed by atoms with Crippen LogP contribution in [0.5, 0.6) is 0 Å². The van der Waals surface area contributed by atoms with Crippen molar-refractivity contribution in [1.29, 1.82) is 0 Å². The zero-order chi connectivity index (χ0) is 24.7. The Labute approximate surface area is 214 Å². The minimum Gasteiger partial charge on any atom is -0.328 e. The summed E-state index contributed by atoms with van der Waals surface area (Å²) in [5, 5.41) is 9.15. The van der Waals surface area contributed by atoms with Gasteiger partial charge in [0.1, 0.15) is 6.04 Å². The second-order valence-corrected chi connectivity index (χ2v) is 11.2. The van der Waals surface area contributed by atoms with E-state index in [4.69, 9.17) is 10.1 Å². The van der Waals surface area contributed by atoms with Crippen LogP contribution >= 0.6 is 11.8 Å². The molecule has 6 nitrogen and oxygen atoms in total. The van der Waals surface area contributed by atoms with Gasteiger partial charge in [-0.25, -0.2) is 4.68 Å². The summed E-state index contributed by atoms with van der Waals surface area (Å²) in [6.07, 6.45) is 4.84. The topological polar surface area (TPSA) is 72.7 Å². The molecule has 0 radical (unpaired) electrons. The number of hydrogen-bond donors (Lipinski definition) is 1. The van der Waals surface area contributed by atoms with Crippen molar-refractivity contribution in [3.8, 4) is 0 Å². The SMILES string of the molecule is CC1(C)CC(=O)C2=C(C1)Nc1nc(SC(c3ccccc3)c3ccccc3)nn1C2c1ccncc1. The molecule has 0 fully saturated rings. The van der Waals surface area contributed by atoms with Crippen molar-refractivity contribution in [2.45, 2.75) is 43.1 Å². The molecule has 36 heavy (non-hydrogen) atoms. The van der Waals surface area contributed by atoms with Gasteiger partial charge in [-0.15, -0.1) is 5.10 Å². The van der Waals surface area contributed by atoms with E-state index in [2.05, 4.69) is 72.7 Å². The van der Waals surface area contributed by atoms with Crippen molar-refractivity contribution < 1.29 is 4.79 Å². The largest absolute Gasteiger partial charge is 0.328 e. The molecule has 1 atom stereocenters. The number of fused-ring (bicyclic) bond motifs is 1. The van der Waals surface area contributed by atoms with E-state index in [1.807, 2.05) is 28.9 Å². The predicted octanol–water partition coefficient (Wildman–Crippen LogP) is 6.21. The zero-order valence-electron chi connectivity index (χ0n) is 20.3. The quantitative estimate of drug-likeness (QED) is 0.333. The summed E-state index contributed by atoms with van der Waals surface area (Å²) in [5.74, 6) is 0.834. The van der Waals surface area contributed by atoms with E-state index < -0.39 is 0 Å². The molecule has 180 valence electrons. The Morgan fingerprint density at radius 2 is 1.58 bits per heavy atom. The summed E-state index contributed by atoms with van der Waals surface area (Å²) in [6, 6.07) is 24.5. The van der Waals surface area contributed by atoms with Crippen molar-refractivity contribution in [2.75, 3.05) is 5.32 Å². The number of nitrogens with zero attached hydrogens (tertiary/aromatic N) is 4. The van der Waals surface area contributed by atoms with Gasteiger partial charge in [-0.2, -0.15) is 4.98 Å². The number of anilines is 1. The highest BCUT2D eigenvalue weighted by Crippen LogP contribution is 2.46. The number of ketones is 1. The maximum atomic E-state index is 13.4. The monoisotopic (exact) mass is 493 g/mol. The molecule has 2 aromatic carbocycles.